The van der Waals surface area contributed by atoms with Gasteiger partial charge in [-0.1, -0.05) is 6.07 Å². The summed E-state index contributed by atoms with van der Waals surface area (Å²) in [4.78, 5) is 10.5. The van der Waals surface area contributed by atoms with Crippen LogP contribution in [0.1, 0.15) is 18.4 Å². The second-order valence-corrected chi connectivity index (χ2v) is 7.06. The number of hydrogen-bond acceptors (Lipinski definition) is 4. The van der Waals surface area contributed by atoms with Crippen LogP contribution in [-0.4, -0.2) is 20.9 Å². The van der Waals surface area contributed by atoms with Crippen molar-refractivity contribution in [2.75, 3.05) is 6.61 Å². The van der Waals surface area contributed by atoms with Gasteiger partial charge in [-0.05, 0) is 48.7 Å². The van der Waals surface area contributed by atoms with Gasteiger partial charge in [-0.15, -0.1) is 0 Å². The van der Waals surface area contributed by atoms with Gasteiger partial charge in [-0.2, -0.15) is 8.42 Å². The molecule has 0 aromatic heterocycles. The molecule has 0 aliphatic heterocycles. The van der Waals surface area contributed by atoms with Crippen molar-refractivity contribution in [2.45, 2.75) is 24.7 Å². The molecule has 0 unspecified atom stereocenters. The molecule has 5 nitrogen and oxygen atoms in total. The van der Waals surface area contributed by atoms with E-state index in [0.29, 0.717) is 11.1 Å². The highest BCUT2D eigenvalue weighted by Crippen LogP contribution is 2.29. The summed E-state index contributed by atoms with van der Waals surface area (Å²) < 4.78 is 56.0. The summed E-state index contributed by atoms with van der Waals surface area (Å²) in [5.41, 5.74) is 6.08. The van der Waals surface area contributed by atoms with Crippen molar-refractivity contribution >= 4 is 16.0 Å². The van der Waals surface area contributed by atoms with Crippen molar-refractivity contribution in [2.24, 2.45) is 5.73 Å². The van der Waals surface area contributed by atoms with Gasteiger partial charge >= 0.3 is 0 Å². The van der Waals surface area contributed by atoms with Crippen LogP contribution in [-0.2, 0) is 19.1 Å². The number of nitrogens with two attached hydrogens (primary N) is 1. The van der Waals surface area contributed by atoms with E-state index in [1.54, 1.807) is 6.92 Å². The average molecular weight is 369 g/mol. The Hall–Kier alpha value is -2.32. The van der Waals surface area contributed by atoms with Crippen molar-refractivity contribution < 1.29 is 26.2 Å². The number of amides is 1. The van der Waals surface area contributed by atoms with Crippen LogP contribution >= 0.6 is 0 Å². The lowest BCUT2D eigenvalue weighted by molar-refractivity contribution is -0.118. The minimum Gasteiger partial charge on any atom is -0.370 e. The first-order valence-electron chi connectivity index (χ1n) is 7.44. The maximum Gasteiger partial charge on any atom is 0.296 e. The Balaban J connectivity index is 2.22. The average Bonchev–Trinajstić information content (AvgIpc) is 2.52. The van der Waals surface area contributed by atoms with Gasteiger partial charge in [-0.25, -0.2) is 8.78 Å². The van der Waals surface area contributed by atoms with Crippen LogP contribution in [0.3, 0.4) is 0 Å². The Morgan fingerprint density at radius 3 is 2.40 bits per heavy atom. The molecule has 0 atom stereocenters. The summed E-state index contributed by atoms with van der Waals surface area (Å²) in [5, 5.41) is 0. The zero-order valence-electron chi connectivity index (χ0n) is 13.5. The Bertz CT molecular complexity index is 898. The van der Waals surface area contributed by atoms with Gasteiger partial charge in [0.05, 0.1) is 11.5 Å². The third kappa shape index (κ3) is 4.83. The molecule has 0 bridgehead atoms. The van der Waals surface area contributed by atoms with Crippen LogP contribution in [0, 0.1) is 18.6 Å². The van der Waals surface area contributed by atoms with Crippen molar-refractivity contribution in [3.8, 4) is 11.1 Å². The van der Waals surface area contributed by atoms with Crippen LogP contribution in [0.2, 0.25) is 0 Å². The second kappa shape index (κ2) is 7.71. The fourth-order valence-electron chi connectivity index (χ4n) is 2.28. The van der Waals surface area contributed by atoms with Crippen LogP contribution in [0.4, 0.5) is 8.78 Å². The maximum atomic E-state index is 13.9. The molecule has 0 aliphatic carbocycles. The highest BCUT2D eigenvalue weighted by molar-refractivity contribution is 7.86. The summed E-state index contributed by atoms with van der Waals surface area (Å²) in [6.07, 6.45) is 0.212. The third-order valence-electron chi connectivity index (χ3n) is 3.51. The molecule has 0 saturated heterocycles. The van der Waals surface area contributed by atoms with E-state index in [0.717, 1.165) is 12.1 Å². The number of hydrogen-bond donors (Lipinski definition) is 1. The van der Waals surface area contributed by atoms with E-state index in [-0.39, 0.29) is 29.9 Å². The zero-order chi connectivity index (χ0) is 18.6. The van der Waals surface area contributed by atoms with Gasteiger partial charge in [-0.3, -0.25) is 8.98 Å². The molecular weight excluding hydrogens is 352 g/mol. The van der Waals surface area contributed by atoms with E-state index < -0.39 is 27.7 Å². The normalized spacial score (nSPS) is 11.5. The van der Waals surface area contributed by atoms with Gasteiger partial charge in [0.25, 0.3) is 10.1 Å². The van der Waals surface area contributed by atoms with Gasteiger partial charge < -0.3 is 5.73 Å². The predicted octanol–water partition coefficient (Wildman–Crippen LogP) is 2.91. The maximum absolute atomic E-state index is 13.9. The molecule has 8 heteroatoms. The van der Waals surface area contributed by atoms with Crippen molar-refractivity contribution in [3.05, 3.63) is 53.6 Å². The van der Waals surface area contributed by atoms with E-state index in [1.165, 1.54) is 24.3 Å². The van der Waals surface area contributed by atoms with Gasteiger partial charge in [0, 0.05) is 18.1 Å². The number of aryl methyl sites for hydroxylation is 1. The highest BCUT2D eigenvalue weighted by Gasteiger charge is 2.17. The van der Waals surface area contributed by atoms with Crippen LogP contribution in [0.25, 0.3) is 11.1 Å². The summed E-state index contributed by atoms with van der Waals surface area (Å²) >= 11 is 0. The lowest BCUT2D eigenvalue weighted by Gasteiger charge is -2.10. The lowest BCUT2D eigenvalue weighted by Crippen LogP contribution is -2.13. The quantitative estimate of drug-likeness (QED) is 0.601. The highest BCUT2D eigenvalue weighted by atomic mass is 32.2. The smallest absolute Gasteiger partial charge is 0.296 e. The van der Waals surface area contributed by atoms with E-state index in [1.807, 2.05) is 0 Å². The molecule has 0 saturated carbocycles. The molecule has 2 rings (SSSR count). The fourth-order valence-corrected chi connectivity index (χ4v) is 3.31. The Morgan fingerprint density at radius 2 is 1.80 bits per heavy atom. The molecule has 0 aliphatic rings. The number of benzene rings is 2. The molecule has 0 heterocycles. The Kier molecular flexibility index (Phi) is 5.86. The molecule has 0 spiro atoms. The van der Waals surface area contributed by atoms with Gasteiger partial charge in [0.15, 0.2) is 0 Å². The van der Waals surface area contributed by atoms with Crippen molar-refractivity contribution in [1.82, 2.24) is 0 Å². The molecule has 25 heavy (non-hydrogen) atoms. The summed E-state index contributed by atoms with van der Waals surface area (Å²) in [5.74, 6) is -1.97. The van der Waals surface area contributed by atoms with Crippen molar-refractivity contribution in [3.63, 3.8) is 0 Å². The first-order valence-corrected chi connectivity index (χ1v) is 8.85. The van der Waals surface area contributed by atoms with Crippen LogP contribution in [0.15, 0.2) is 41.3 Å². The Morgan fingerprint density at radius 1 is 1.12 bits per heavy atom. The monoisotopic (exact) mass is 369 g/mol. The molecular formula is C17H17F2NO4S. The minimum absolute atomic E-state index is 0.0251. The second-order valence-electron chi connectivity index (χ2n) is 5.45. The lowest BCUT2D eigenvalue weighted by atomic mass is 10.0. The SMILES string of the molecule is Cc1cc(S(=O)(=O)OCCCC(N)=O)ccc1-c1ccc(F)cc1F. The largest absolute Gasteiger partial charge is 0.370 e. The molecule has 0 fully saturated rings. The number of rotatable bonds is 7. The molecule has 2 aromatic carbocycles. The van der Waals surface area contributed by atoms with Crippen molar-refractivity contribution in [1.29, 1.82) is 0 Å². The molecule has 2 N–H and O–H groups in total. The van der Waals surface area contributed by atoms with E-state index in [2.05, 4.69) is 0 Å². The van der Waals surface area contributed by atoms with Gasteiger partial charge in [0.2, 0.25) is 5.91 Å². The number of carbonyl (C=O) groups is 1. The first kappa shape index (κ1) is 19.0. The molecule has 0 radical (unpaired) electrons. The predicted molar refractivity (Wildman–Crippen MR) is 88.1 cm³/mol. The molecule has 2 aromatic rings. The fraction of sp³-hybridized carbons (Fsp3) is 0.235. The molecule has 134 valence electrons. The number of carbonyl (C=O) groups excluding carboxylic acids is 1. The topological polar surface area (TPSA) is 86.5 Å². The first-order chi connectivity index (χ1) is 11.7. The third-order valence-corrected chi connectivity index (χ3v) is 4.82. The summed E-state index contributed by atoms with van der Waals surface area (Å²) in [7, 11) is -4.00. The zero-order valence-corrected chi connectivity index (χ0v) is 14.3. The van der Waals surface area contributed by atoms with Crippen LogP contribution in [0.5, 0.6) is 0 Å². The minimum atomic E-state index is -4.00. The van der Waals surface area contributed by atoms with Crippen LogP contribution < -0.4 is 5.73 Å². The summed E-state index contributed by atoms with van der Waals surface area (Å²) in [6.45, 7) is 1.45. The van der Waals surface area contributed by atoms with E-state index in [4.69, 9.17) is 9.92 Å². The standard InChI is InChI=1S/C17H17F2NO4S/c1-11-9-13(25(22,23)24-8-2-3-17(20)21)5-7-14(11)15-6-4-12(18)10-16(15)19/h4-7,9-10H,2-3,8H2,1H3,(H2,20,21). The summed E-state index contributed by atoms with van der Waals surface area (Å²) in [6, 6.07) is 7.26. The molecule has 1 amide bonds. The van der Waals surface area contributed by atoms with Gasteiger partial charge in [0.1, 0.15) is 11.6 Å². The van der Waals surface area contributed by atoms with E-state index >= 15 is 0 Å². The van der Waals surface area contributed by atoms with E-state index in [9.17, 15) is 22.0 Å². The Labute approximate surface area is 144 Å². The number of primary amides is 1. The number of halogens is 2.